The molecule has 0 bridgehead atoms. The number of benzene rings is 1. The van der Waals surface area contributed by atoms with E-state index in [0.29, 0.717) is 13.0 Å². The lowest BCUT2D eigenvalue weighted by Gasteiger charge is -2.05. The quantitative estimate of drug-likeness (QED) is 0.540. The van der Waals surface area contributed by atoms with Gasteiger partial charge in [-0.25, -0.2) is 0 Å². The number of ether oxygens (including phenoxy) is 1. The van der Waals surface area contributed by atoms with E-state index in [-0.39, 0.29) is 5.97 Å². The van der Waals surface area contributed by atoms with E-state index >= 15 is 0 Å². The monoisotopic (exact) mass is 249 g/mol. The summed E-state index contributed by atoms with van der Waals surface area (Å²) in [6.45, 7) is 4.19. The molecule has 1 aromatic rings. The van der Waals surface area contributed by atoms with Crippen LogP contribution in [0.25, 0.3) is 0 Å². The highest BCUT2D eigenvalue weighted by Gasteiger charge is 2.00. The van der Waals surface area contributed by atoms with Crippen LogP contribution in [0.2, 0.25) is 0 Å². The number of nitrogens with one attached hydrogen (secondary N) is 1. The van der Waals surface area contributed by atoms with Crippen molar-refractivity contribution in [2.24, 2.45) is 0 Å². The molecule has 100 valence electrons. The van der Waals surface area contributed by atoms with E-state index in [2.05, 4.69) is 29.6 Å². The Labute approximate surface area is 110 Å². The molecule has 0 aromatic heterocycles. The van der Waals surface area contributed by atoms with Crippen molar-refractivity contribution in [2.75, 3.05) is 19.7 Å². The Bertz CT molecular complexity index is 325. The molecule has 0 spiro atoms. The second-order valence-electron chi connectivity index (χ2n) is 4.25. The van der Waals surface area contributed by atoms with E-state index in [4.69, 9.17) is 4.74 Å². The van der Waals surface area contributed by atoms with Crippen LogP contribution in [-0.2, 0) is 16.0 Å². The zero-order valence-corrected chi connectivity index (χ0v) is 11.2. The summed E-state index contributed by atoms with van der Waals surface area (Å²) >= 11 is 0. The Morgan fingerprint density at radius 1 is 1.17 bits per heavy atom. The number of rotatable bonds is 9. The van der Waals surface area contributed by atoms with Crippen LogP contribution in [0.1, 0.15) is 31.7 Å². The maximum atomic E-state index is 11.1. The number of hydrogen-bond donors (Lipinski definition) is 1. The summed E-state index contributed by atoms with van der Waals surface area (Å²) in [7, 11) is 0. The first-order valence-corrected chi connectivity index (χ1v) is 6.73. The van der Waals surface area contributed by atoms with Gasteiger partial charge in [-0.15, -0.1) is 0 Å². The lowest BCUT2D eigenvalue weighted by Crippen LogP contribution is -2.18. The molecule has 0 atom stereocenters. The first kappa shape index (κ1) is 14.7. The van der Waals surface area contributed by atoms with Gasteiger partial charge in [-0.3, -0.25) is 4.79 Å². The molecular formula is C15H23NO2. The van der Waals surface area contributed by atoms with Crippen molar-refractivity contribution in [3.8, 4) is 0 Å². The Morgan fingerprint density at radius 2 is 1.89 bits per heavy atom. The second kappa shape index (κ2) is 9.66. The number of aryl methyl sites for hydroxylation is 1. The smallest absolute Gasteiger partial charge is 0.305 e. The fourth-order valence-electron chi connectivity index (χ4n) is 1.78. The minimum absolute atomic E-state index is 0.0939. The Hall–Kier alpha value is -1.35. The van der Waals surface area contributed by atoms with E-state index in [1.165, 1.54) is 5.56 Å². The summed E-state index contributed by atoms with van der Waals surface area (Å²) in [5.74, 6) is -0.0939. The summed E-state index contributed by atoms with van der Waals surface area (Å²) in [6, 6.07) is 10.5. The highest BCUT2D eigenvalue weighted by atomic mass is 16.5. The normalized spacial score (nSPS) is 10.3. The van der Waals surface area contributed by atoms with Crippen LogP contribution in [0, 0.1) is 0 Å². The summed E-state index contributed by atoms with van der Waals surface area (Å²) in [5, 5.41) is 3.35. The van der Waals surface area contributed by atoms with Crippen LogP contribution < -0.4 is 5.32 Å². The molecule has 0 heterocycles. The van der Waals surface area contributed by atoms with Gasteiger partial charge < -0.3 is 10.1 Å². The first-order valence-electron chi connectivity index (χ1n) is 6.73. The molecule has 1 N–H and O–H groups in total. The van der Waals surface area contributed by atoms with Crippen molar-refractivity contribution < 1.29 is 9.53 Å². The highest BCUT2D eigenvalue weighted by Crippen LogP contribution is 2.01. The average molecular weight is 249 g/mol. The van der Waals surface area contributed by atoms with E-state index in [1.54, 1.807) is 0 Å². The minimum atomic E-state index is -0.0939. The molecule has 18 heavy (non-hydrogen) atoms. The molecule has 0 fully saturated rings. The lowest BCUT2D eigenvalue weighted by molar-refractivity contribution is -0.143. The first-order chi connectivity index (χ1) is 8.83. The predicted molar refractivity (Wildman–Crippen MR) is 73.5 cm³/mol. The Balaban J connectivity index is 1.92. The van der Waals surface area contributed by atoms with Crippen molar-refractivity contribution in [3.05, 3.63) is 35.9 Å². The maximum absolute atomic E-state index is 11.1. The third-order valence-electron chi connectivity index (χ3n) is 2.70. The average Bonchev–Trinajstić information content (AvgIpc) is 2.39. The van der Waals surface area contributed by atoms with Crippen LogP contribution in [-0.4, -0.2) is 25.7 Å². The zero-order chi connectivity index (χ0) is 13.1. The third kappa shape index (κ3) is 7.07. The SMILES string of the molecule is CCOC(=O)CCCNCCCc1ccccc1. The van der Waals surface area contributed by atoms with Crippen molar-refractivity contribution >= 4 is 5.97 Å². The molecule has 1 aromatic carbocycles. The molecule has 3 heteroatoms. The van der Waals surface area contributed by atoms with Crippen molar-refractivity contribution in [2.45, 2.75) is 32.6 Å². The topological polar surface area (TPSA) is 38.3 Å². The maximum Gasteiger partial charge on any atom is 0.305 e. The molecular weight excluding hydrogens is 226 g/mol. The van der Waals surface area contributed by atoms with Crippen LogP contribution in [0.3, 0.4) is 0 Å². The number of carbonyl (C=O) groups is 1. The molecule has 0 amide bonds. The molecule has 0 unspecified atom stereocenters. The Kier molecular flexibility index (Phi) is 7.89. The fraction of sp³-hybridized carbons (Fsp3) is 0.533. The van der Waals surface area contributed by atoms with Gasteiger partial charge in [0, 0.05) is 6.42 Å². The van der Waals surface area contributed by atoms with Gasteiger partial charge in [0.25, 0.3) is 0 Å². The fourth-order valence-corrected chi connectivity index (χ4v) is 1.78. The molecule has 0 aliphatic carbocycles. The minimum Gasteiger partial charge on any atom is -0.466 e. The molecule has 1 rings (SSSR count). The van der Waals surface area contributed by atoms with Crippen LogP contribution in [0.15, 0.2) is 30.3 Å². The van der Waals surface area contributed by atoms with Crippen LogP contribution in [0.5, 0.6) is 0 Å². The highest BCUT2D eigenvalue weighted by molar-refractivity contribution is 5.69. The van der Waals surface area contributed by atoms with E-state index in [0.717, 1.165) is 32.4 Å². The molecule has 0 aliphatic heterocycles. The van der Waals surface area contributed by atoms with Crippen molar-refractivity contribution in [1.29, 1.82) is 0 Å². The largest absolute Gasteiger partial charge is 0.466 e. The molecule has 0 saturated carbocycles. The lowest BCUT2D eigenvalue weighted by atomic mass is 10.1. The van der Waals surface area contributed by atoms with Gasteiger partial charge in [0.1, 0.15) is 0 Å². The summed E-state index contributed by atoms with van der Waals surface area (Å²) in [4.78, 5) is 11.1. The summed E-state index contributed by atoms with van der Waals surface area (Å²) in [5.41, 5.74) is 1.38. The molecule has 0 radical (unpaired) electrons. The van der Waals surface area contributed by atoms with Gasteiger partial charge in [0.2, 0.25) is 0 Å². The number of carbonyl (C=O) groups excluding carboxylic acids is 1. The van der Waals surface area contributed by atoms with Crippen molar-refractivity contribution in [1.82, 2.24) is 5.32 Å². The number of hydrogen-bond acceptors (Lipinski definition) is 3. The van der Waals surface area contributed by atoms with E-state index in [1.807, 2.05) is 13.0 Å². The summed E-state index contributed by atoms with van der Waals surface area (Å²) in [6.07, 6.45) is 3.60. The van der Waals surface area contributed by atoms with Crippen molar-refractivity contribution in [3.63, 3.8) is 0 Å². The van der Waals surface area contributed by atoms with Crippen LogP contribution >= 0.6 is 0 Å². The van der Waals surface area contributed by atoms with Gasteiger partial charge in [-0.1, -0.05) is 30.3 Å². The predicted octanol–water partition coefficient (Wildman–Crippen LogP) is 2.55. The molecule has 3 nitrogen and oxygen atoms in total. The van der Waals surface area contributed by atoms with E-state index < -0.39 is 0 Å². The van der Waals surface area contributed by atoms with Gasteiger partial charge in [-0.2, -0.15) is 0 Å². The third-order valence-corrected chi connectivity index (χ3v) is 2.70. The number of esters is 1. The summed E-state index contributed by atoms with van der Waals surface area (Å²) < 4.78 is 4.86. The second-order valence-corrected chi connectivity index (χ2v) is 4.25. The van der Waals surface area contributed by atoms with Gasteiger partial charge in [-0.05, 0) is 44.8 Å². The van der Waals surface area contributed by atoms with Gasteiger partial charge in [0.15, 0.2) is 0 Å². The van der Waals surface area contributed by atoms with E-state index in [9.17, 15) is 4.79 Å². The molecule has 0 saturated heterocycles. The standard InChI is InChI=1S/C15H23NO2/c1-2-18-15(17)11-7-13-16-12-6-10-14-8-4-3-5-9-14/h3-5,8-9,16H,2,6-7,10-13H2,1H3. The van der Waals surface area contributed by atoms with Gasteiger partial charge in [0.05, 0.1) is 6.61 Å². The van der Waals surface area contributed by atoms with Gasteiger partial charge >= 0.3 is 5.97 Å². The zero-order valence-electron chi connectivity index (χ0n) is 11.2. The Morgan fingerprint density at radius 3 is 2.61 bits per heavy atom. The molecule has 0 aliphatic rings. The van der Waals surface area contributed by atoms with Crippen LogP contribution in [0.4, 0.5) is 0 Å².